The molecule has 3 heteroatoms. The molecule has 0 aliphatic rings. The fourth-order valence-electron chi connectivity index (χ4n) is 1.57. The van der Waals surface area contributed by atoms with Crippen molar-refractivity contribution in [1.29, 1.82) is 0 Å². The number of rotatable bonds is 7. The van der Waals surface area contributed by atoms with Crippen LogP contribution in [0.4, 0.5) is 0 Å². The Balaban J connectivity index is 2.52. The molecule has 0 aromatic carbocycles. The molecule has 0 amide bonds. The van der Waals surface area contributed by atoms with Gasteiger partial charge >= 0.3 is 0 Å². The van der Waals surface area contributed by atoms with Crippen molar-refractivity contribution in [3.63, 3.8) is 0 Å². The van der Waals surface area contributed by atoms with Crippen LogP contribution in [-0.4, -0.2) is 6.54 Å². The smallest absolute Gasteiger partial charge is 0.0931 e. The van der Waals surface area contributed by atoms with E-state index in [1.54, 1.807) is 11.3 Å². The number of nitrogens with one attached hydrogen (secondary N) is 1. The summed E-state index contributed by atoms with van der Waals surface area (Å²) in [6.07, 6.45) is 5.39. The van der Waals surface area contributed by atoms with Gasteiger partial charge in [-0.15, -0.1) is 17.9 Å². The molecular weight excluding hydrogens is 226 g/mol. The molecule has 0 radical (unpaired) electrons. The van der Waals surface area contributed by atoms with E-state index in [1.807, 2.05) is 12.1 Å². The maximum Gasteiger partial charge on any atom is 0.0931 e. The van der Waals surface area contributed by atoms with E-state index in [-0.39, 0.29) is 0 Å². The zero-order chi connectivity index (χ0) is 11.1. The molecule has 0 aliphatic heterocycles. The number of unbranched alkanes of at least 4 members (excludes halogenated alkanes) is 1. The summed E-state index contributed by atoms with van der Waals surface area (Å²) >= 11 is 7.61. The number of hydrogen-bond donors (Lipinski definition) is 1. The van der Waals surface area contributed by atoms with Crippen LogP contribution in [0.1, 0.15) is 37.1 Å². The van der Waals surface area contributed by atoms with Crippen LogP contribution in [0.2, 0.25) is 4.34 Å². The molecule has 1 unspecified atom stereocenters. The van der Waals surface area contributed by atoms with Crippen molar-refractivity contribution < 1.29 is 0 Å². The highest BCUT2D eigenvalue weighted by molar-refractivity contribution is 7.16. The van der Waals surface area contributed by atoms with Crippen molar-refractivity contribution in [2.45, 2.75) is 32.2 Å². The maximum absolute atomic E-state index is 5.94. The lowest BCUT2D eigenvalue weighted by Gasteiger charge is -2.15. The van der Waals surface area contributed by atoms with E-state index < -0.39 is 0 Å². The van der Waals surface area contributed by atoms with Gasteiger partial charge in [0.1, 0.15) is 0 Å². The summed E-state index contributed by atoms with van der Waals surface area (Å²) in [6, 6.07) is 4.54. The minimum atomic E-state index is 0.451. The Morgan fingerprint density at radius 2 is 2.40 bits per heavy atom. The highest BCUT2D eigenvalue weighted by Crippen LogP contribution is 2.29. The third-order valence-corrected chi connectivity index (χ3v) is 3.63. The largest absolute Gasteiger partial charge is 0.310 e. The van der Waals surface area contributed by atoms with Crippen LogP contribution in [-0.2, 0) is 0 Å². The molecule has 0 aliphatic carbocycles. The van der Waals surface area contributed by atoms with Crippen LogP contribution >= 0.6 is 22.9 Å². The monoisotopic (exact) mass is 243 g/mol. The zero-order valence-corrected chi connectivity index (χ0v) is 10.7. The molecule has 84 valence electrons. The summed E-state index contributed by atoms with van der Waals surface area (Å²) in [6.45, 7) is 6.87. The van der Waals surface area contributed by atoms with Gasteiger partial charge < -0.3 is 5.32 Å². The van der Waals surface area contributed by atoms with E-state index in [4.69, 9.17) is 11.6 Å². The second-order valence-corrected chi connectivity index (χ2v) is 5.22. The Labute approximate surface area is 101 Å². The van der Waals surface area contributed by atoms with Gasteiger partial charge in [-0.25, -0.2) is 0 Å². The van der Waals surface area contributed by atoms with E-state index in [0.29, 0.717) is 6.04 Å². The first-order valence-corrected chi connectivity index (χ1v) is 6.57. The molecule has 15 heavy (non-hydrogen) atoms. The molecule has 1 nitrogen and oxygen atoms in total. The summed E-state index contributed by atoms with van der Waals surface area (Å²) in [7, 11) is 0. The van der Waals surface area contributed by atoms with Gasteiger partial charge in [-0.3, -0.25) is 0 Å². The van der Waals surface area contributed by atoms with Gasteiger partial charge in [0.05, 0.1) is 4.34 Å². The van der Waals surface area contributed by atoms with Crippen molar-refractivity contribution in [2.75, 3.05) is 6.54 Å². The van der Waals surface area contributed by atoms with E-state index in [9.17, 15) is 0 Å². The van der Waals surface area contributed by atoms with Crippen LogP contribution < -0.4 is 5.32 Å². The predicted octanol–water partition coefficient (Wildman–Crippen LogP) is 4.41. The van der Waals surface area contributed by atoms with Crippen LogP contribution in [0, 0.1) is 0 Å². The first kappa shape index (κ1) is 12.8. The Kier molecular flexibility index (Phi) is 5.99. The normalized spacial score (nSPS) is 12.7. The summed E-state index contributed by atoms with van der Waals surface area (Å²) in [5.74, 6) is 0. The van der Waals surface area contributed by atoms with Gasteiger partial charge in [-0.2, -0.15) is 0 Å². The van der Waals surface area contributed by atoms with Crippen molar-refractivity contribution in [1.82, 2.24) is 5.32 Å². The lowest BCUT2D eigenvalue weighted by atomic mass is 10.1. The molecule has 1 aromatic heterocycles. The fraction of sp³-hybridized carbons (Fsp3) is 0.500. The lowest BCUT2D eigenvalue weighted by Crippen LogP contribution is -2.19. The number of halogens is 1. The van der Waals surface area contributed by atoms with Gasteiger partial charge in [0.15, 0.2) is 0 Å². The fourth-order valence-corrected chi connectivity index (χ4v) is 2.74. The van der Waals surface area contributed by atoms with E-state index in [1.165, 1.54) is 11.3 Å². The number of allylic oxidation sites excluding steroid dienone is 1. The van der Waals surface area contributed by atoms with Crippen LogP contribution in [0.15, 0.2) is 24.8 Å². The molecule has 0 spiro atoms. The summed E-state index contributed by atoms with van der Waals surface area (Å²) in [4.78, 5) is 1.34. The zero-order valence-electron chi connectivity index (χ0n) is 9.13. The van der Waals surface area contributed by atoms with E-state index in [0.717, 1.165) is 23.7 Å². The predicted molar refractivity (Wildman–Crippen MR) is 69.8 cm³/mol. The van der Waals surface area contributed by atoms with Crippen LogP contribution in [0.5, 0.6) is 0 Å². The molecule has 1 aromatic rings. The average Bonchev–Trinajstić information content (AvgIpc) is 2.64. The third-order valence-electron chi connectivity index (χ3n) is 2.29. The average molecular weight is 244 g/mol. The first-order chi connectivity index (χ1) is 7.27. The Bertz CT molecular complexity index is 296. The van der Waals surface area contributed by atoms with Crippen molar-refractivity contribution >= 4 is 22.9 Å². The Hall–Kier alpha value is -0.310. The van der Waals surface area contributed by atoms with Crippen molar-refractivity contribution in [3.8, 4) is 0 Å². The molecule has 0 fully saturated rings. The maximum atomic E-state index is 5.94. The molecule has 0 saturated carbocycles. The standard InChI is InChI=1S/C12H18ClNS/c1-3-5-6-7-10(14-4-2)11-8-9-12(13)15-11/h3,8-10,14H,1,4-7H2,2H3. The van der Waals surface area contributed by atoms with Gasteiger partial charge in [0.25, 0.3) is 0 Å². The van der Waals surface area contributed by atoms with Crippen LogP contribution in [0.25, 0.3) is 0 Å². The van der Waals surface area contributed by atoms with Crippen molar-refractivity contribution in [2.24, 2.45) is 0 Å². The van der Waals surface area contributed by atoms with E-state index in [2.05, 4.69) is 24.9 Å². The second-order valence-electron chi connectivity index (χ2n) is 3.47. The molecule has 0 bridgehead atoms. The third kappa shape index (κ3) is 4.37. The minimum Gasteiger partial charge on any atom is -0.310 e. The number of thiophene rings is 1. The summed E-state index contributed by atoms with van der Waals surface area (Å²) in [5.41, 5.74) is 0. The Morgan fingerprint density at radius 1 is 1.60 bits per heavy atom. The first-order valence-electron chi connectivity index (χ1n) is 5.37. The molecule has 1 rings (SSSR count). The highest BCUT2D eigenvalue weighted by Gasteiger charge is 2.11. The van der Waals surface area contributed by atoms with Crippen molar-refractivity contribution in [3.05, 3.63) is 34.0 Å². The lowest BCUT2D eigenvalue weighted by molar-refractivity contribution is 0.507. The van der Waals surface area contributed by atoms with Gasteiger partial charge in [0, 0.05) is 10.9 Å². The number of hydrogen-bond acceptors (Lipinski definition) is 2. The SMILES string of the molecule is C=CCCCC(NCC)c1ccc(Cl)s1. The van der Waals surface area contributed by atoms with E-state index >= 15 is 0 Å². The molecule has 0 saturated heterocycles. The second kappa shape index (κ2) is 7.04. The summed E-state index contributed by atoms with van der Waals surface area (Å²) < 4.78 is 0.872. The molecule has 1 heterocycles. The molecular formula is C12H18ClNS. The van der Waals surface area contributed by atoms with Crippen LogP contribution in [0.3, 0.4) is 0 Å². The molecule has 1 N–H and O–H groups in total. The topological polar surface area (TPSA) is 12.0 Å². The molecule has 1 atom stereocenters. The quantitative estimate of drug-likeness (QED) is 0.553. The highest BCUT2D eigenvalue weighted by atomic mass is 35.5. The minimum absolute atomic E-state index is 0.451. The van der Waals surface area contributed by atoms with Gasteiger partial charge in [-0.05, 0) is 37.9 Å². The van der Waals surface area contributed by atoms with Gasteiger partial charge in [-0.1, -0.05) is 24.6 Å². The van der Waals surface area contributed by atoms with Gasteiger partial charge in [0.2, 0.25) is 0 Å². The Morgan fingerprint density at radius 3 is 2.93 bits per heavy atom. The summed E-state index contributed by atoms with van der Waals surface area (Å²) in [5, 5.41) is 3.49.